The van der Waals surface area contributed by atoms with E-state index in [1.165, 1.54) is 0 Å². The quantitative estimate of drug-likeness (QED) is 0.617. The fourth-order valence-corrected chi connectivity index (χ4v) is 2.13. The highest BCUT2D eigenvalue weighted by atomic mass is 19.1. The monoisotopic (exact) mass is 258 g/mol. The number of hydrogen-bond donors (Lipinski definition) is 2. The molecule has 3 N–H and O–H groups in total. The van der Waals surface area contributed by atoms with Gasteiger partial charge in [-0.2, -0.15) is 0 Å². The molecule has 2 rings (SSSR count). The van der Waals surface area contributed by atoms with E-state index in [9.17, 15) is 8.78 Å². The Bertz CT molecular complexity index is 433. The van der Waals surface area contributed by atoms with E-state index in [2.05, 4.69) is 10.4 Å². The lowest BCUT2D eigenvalue weighted by Gasteiger charge is -2.36. The maximum Gasteiger partial charge on any atom is 0.178 e. The third-order valence-corrected chi connectivity index (χ3v) is 2.77. The first kappa shape index (κ1) is 13.0. The Kier molecular flexibility index (Phi) is 3.63. The lowest BCUT2D eigenvalue weighted by atomic mass is 10.2. The first-order chi connectivity index (χ1) is 8.51. The number of rotatable bonds is 2. The van der Waals surface area contributed by atoms with Crippen LogP contribution < -0.4 is 16.2 Å². The predicted octanol–water partition coefficient (Wildman–Crippen LogP) is 1.26. The van der Waals surface area contributed by atoms with Crippen molar-refractivity contribution < 1.29 is 13.5 Å². The van der Waals surface area contributed by atoms with E-state index in [0.717, 1.165) is 6.07 Å². The average Bonchev–Trinajstić information content (AvgIpc) is 2.27. The van der Waals surface area contributed by atoms with Crippen molar-refractivity contribution in [3.8, 4) is 0 Å². The molecule has 0 aromatic carbocycles. The van der Waals surface area contributed by atoms with E-state index in [1.807, 2.05) is 13.8 Å². The van der Waals surface area contributed by atoms with Crippen LogP contribution in [0.1, 0.15) is 13.8 Å². The maximum atomic E-state index is 13.8. The van der Waals surface area contributed by atoms with Crippen LogP contribution in [-0.2, 0) is 4.74 Å². The molecule has 0 radical (unpaired) electrons. The molecule has 1 aliphatic heterocycles. The van der Waals surface area contributed by atoms with E-state index in [0.29, 0.717) is 13.1 Å². The number of nitrogens with two attached hydrogens (primary N) is 1. The zero-order chi connectivity index (χ0) is 13.3. The van der Waals surface area contributed by atoms with E-state index < -0.39 is 11.6 Å². The van der Waals surface area contributed by atoms with E-state index in [-0.39, 0.29) is 23.8 Å². The number of nitrogens with one attached hydrogen (secondary N) is 1. The normalized spacial score (nSPS) is 24.2. The van der Waals surface area contributed by atoms with Crippen LogP contribution in [0.4, 0.5) is 20.4 Å². The lowest BCUT2D eigenvalue weighted by molar-refractivity contribution is -0.00564. The lowest BCUT2D eigenvalue weighted by Crippen LogP contribution is -2.46. The molecule has 100 valence electrons. The van der Waals surface area contributed by atoms with Crippen LogP contribution in [0.15, 0.2) is 6.07 Å². The summed E-state index contributed by atoms with van der Waals surface area (Å²) in [5, 5.41) is 0. The molecule has 0 spiro atoms. The van der Waals surface area contributed by atoms with Crippen LogP contribution in [0.3, 0.4) is 0 Å². The Hall–Kier alpha value is -1.47. The van der Waals surface area contributed by atoms with Crippen molar-refractivity contribution in [2.24, 2.45) is 5.84 Å². The summed E-state index contributed by atoms with van der Waals surface area (Å²) in [5.74, 6) is 3.54. The van der Waals surface area contributed by atoms with Gasteiger partial charge in [0.2, 0.25) is 0 Å². The van der Waals surface area contributed by atoms with Gasteiger partial charge in [-0.1, -0.05) is 0 Å². The van der Waals surface area contributed by atoms with Crippen LogP contribution in [-0.4, -0.2) is 30.3 Å². The summed E-state index contributed by atoms with van der Waals surface area (Å²) in [5.41, 5.74) is 2.11. The third-order valence-electron chi connectivity index (χ3n) is 2.77. The maximum absolute atomic E-state index is 13.8. The second kappa shape index (κ2) is 5.03. The largest absolute Gasteiger partial charge is 0.372 e. The number of hydrazine groups is 1. The number of nitrogens with zero attached hydrogens (tertiary/aromatic N) is 2. The van der Waals surface area contributed by atoms with Gasteiger partial charge in [0.05, 0.1) is 12.2 Å². The molecule has 0 amide bonds. The molecule has 0 saturated carbocycles. The molecule has 18 heavy (non-hydrogen) atoms. The zero-order valence-corrected chi connectivity index (χ0v) is 10.3. The van der Waals surface area contributed by atoms with Gasteiger partial charge in [-0.15, -0.1) is 0 Å². The highest BCUT2D eigenvalue weighted by molar-refractivity contribution is 5.49. The summed E-state index contributed by atoms with van der Waals surface area (Å²) in [6, 6.07) is 0.780. The number of halogens is 2. The number of hydrogen-bond acceptors (Lipinski definition) is 5. The van der Waals surface area contributed by atoms with Crippen LogP contribution in [0, 0.1) is 11.6 Å². The smallest absolute Gasteiger partial charge is 0.178 e. The molecule has 1 aromatic rings. The molecule has 1 saturated heterocycles. The minimum Gasteiger partial charge on any atom is -0.372 e. The molecule has 0 bridgehead atoms. The van der Waals surface area contributed by atoms with Crippen molar-refractivity contribution in [3.63, 3.8) is 0 Å². The molecule has 1 fully saturated rings. The highest BCUT2D eigenvalue weighted by Gasteiger charge is 2.26. The molecule has 2 heterocycles. The first-order valence-corrected chi connectivity index (χ1v) is 5.74. The Morgan fingerprint density at radius 2 is 1.94 bits per heavy atom. The summed E-state index contributed by atoms with van der Waals surface area (Å²) < 4.78 is 32.6. The van der Waals surface area contributed by atoms with Crippen molar-refractivity contribution in [2.75, 3.05) is 23.4 Å². The number of morpholine rings is 1. The third kappa shape index (κ3) is 2.51. The van der Waals surface area contributed by atoms with Gasteiger partial charge in [-0.05, 0) is 13.8 Å². The van der Waals surface area contributed by atoms with Gasteiger partial charge in [-0.25, -0.2) is 19.6 Å². The van der Waals surface area contributed by atoms with Crippen molar-refractivity contribution in [1.29, 1.82) is 0 Å². The van der Waals surface area contributed by atoms with Gasteiger partial charge in [-0.3, -0.25) is 0 Å². The van der Waals surface area contributed by atoms with Gasteiger partial charge in [0.15, 0.2) is 23.3 Å². The van der Waals surface area contributed by atoms with Crippen molar-refractivity contribution in [1.82, 2.24) is 4.98 Å². The predicted molar refractivity (Wildman–Crippen MR) is 64.2 cm³/mol. The molecule has 1 aliphatic rings. The molecule has 0 aliphatic carbocycles. The Balaban J connectivity index is 2.32. The van der Waals surface area contributed by atoms with Crippen LogP contribution in [0.25, 0.3) is 0 Å². The van der Waals surface area contributed by atoms with Crippen molar-refractivity contribution in [3.05, 3.63) is 17.7 Å². The van der Waals surface area contributed by atoms with Gasteiger partial charge in [0.25, 0.3) is 0 Å². The van der Waals surface area contributed by atoms with Crippen molar-refractivity contribution >= 4 is 11.6 Å². The zero-order valence-electron chi connectivity index (χ0n) is 10.3. The van der Waals surface area contributed by atoms with Gasteiger partial charge < -0.3 is 15.1 Å². The first-order valence-electron chi connectivity index (χ1n) is 5.74. The summed E-state index contributed by atoms with van der Waals surface area (Å²) in [7, 11) is 0. The number of pyridine rings is 1. The molecule has 1 aromatic heterocycles. The van der Waals surface area contributed by atoms with Gasteiger partial charge >= 0.3 is 0 Å². The minimum atomic E-state index is -0.812. The molecular weight excluding hydrogens is 242 g/mol. The Morgan fingerprint density at radius 1 is 1.33 bits per heavy atom. The second-order valence-corrected chi connectivity index (χ2v) is 4.43. The standard InChI is InChI=1S/C11H16F2N4O/c1-6-4-17(5-7(2)18-6)11-9(13)3-8(12)10(15-11)16-14/h3,6-7H,4-5,14H2,1-2H3,(H,15,16). The topological polar surface area (TPSA) is 63.4 Å². The molecule has 2 atom stereocenters. The fourth-order valence-electron chi connectivity index (χ4n) is 2.13. The fraction of sp³-hybridized carbons (Fsp3) is 0.545. The molecule has 7 heteroatoms. The van der Waals surface area contributed by atoms with Gasteiger partial charge in [0, 0.05) is 19.2 Å². The Labute approximate surface area is 104 Å². The van der Waals surface area contributed by atoms with Crippen LogP contribution >= 0.6 is 0 Å². The number of nitrogen functional groups attached to an aromatic ring is 1. The van der Waals surface area contributed by atoms with E-state index in [4.69, 9.17) is 10.6 Å². The highest BCUT2D eigenvalue weighted by Crippen LogP contribution is 2.24. The van der Waals surface area contributed by atoms with Crippen molar-refractivity contribution in [2.45, 2.75) is 26.1 Å². The number of aromatic nitrogens is 1. The van der Waals surface area contributed by atoms with Gasteiger partial charge in [0.1, 0.15) is 0 Å². The molecule has 5 nitrogen and oxygen atoms in total. The Morgan fingerprint density at radius 3 is 2.50 bits per heavy atom. The summed E-state index contributed by atoms with van der Waals surface area (Å²) in [6.07, 6.45) is -0.0661. The van der Waals surface area contributed by atoms with Crippen LogP contribution in [0.2, 0.25) is 0 Å². The van der Waals surface area contributed by atoms with E-state index >= 15 is 0 Å². The number of ether oxygens (including phenoxy) is 1. The summed E-state index contributed by atoms with van der Waals surface area (Å²) in [4.78, 5) is 5.60. The average molecular weight is 258 g/mol. The second-order valence-electron chi connectivity index (χ2n) is 4.43. The molecular formula is C11H16F2N4O. The summed E-state index contributed by atoms with van der Waals surface area (Å²) in [6.45, 7) is 4.80. The SMILES string of the molecule is CC1CN(c2nc(NN)c(F)cc2F)CC(C)O1. The minimum absolute atomic E-state index is 0.0331. The van der Waals surface area contributed by atoms with E-state index in [1.54, 1.807) is 4.90 Å². The summed E-state index contributed by atoms with van der Waals surface area (Å²) >= 11 is 0. The van der Waals surface area contributed by atoms with Crippen LogP contribution in [0.5, 0.6) is 0 Å². The number of anilines is 2. The molecule has 2 unspecified atom stereocenters.